The maximum absolute atomic E-state index is 14.0. The summed E-state index contributed by atoms with van der Waals surface area (Å²) in [6, 6.07) is 63.6. The summed E-state index contributed by atoms with van der Waals surface area (Å²) >= 11 is 49.6. The van der Waals surface area contributed by atoms with E-state index >= 15 is 0 Å². The van der Waals surface area contributed by atoms with Crippen LogP contribution < -0.4 is 16.7 Å². The summed E-state index contributed by atoms with van der Waals surface area (Å²) in [7, 11) is -7.74. The van der Waals surface area contributed by atoms with Crippen LogP contribution >= 0.6 is 129 Å². The van der Waals surface area contributed by atoms with Crippen LogP contribution in [0.15, 0.2) is 261 Å². The molecule has 6 aromatic heterocycles. The van der Waals surface area contributed by atoms with Crippen molar-refractivity contribution in [1.29, 1.82) is 0 Å². The van der Waals surface area contributed by atoms with Crippen LogP contribution in [0.25, 0.3) is 101 Å². The average Bonchev–Trinajstić information content (AvgIpc) is 1.33. The van der Waals surface area contributed by atoms with Crippen molar-refractivity contribution >= 4 is 182 Å². The molecule has 103 heavy (non-hydrogen) atoms. The topological polar surface area (TPSA) is 226 Å². The standard InChI is InChI=1S/2C24H15BrCl2N4O3S.C24H15BrCl2N4OS/c2*1-35(33,34)23-20-22(31(29-23)17-5-3-2-4-6-17)28-21(18-12-9-15(26)13-19(18)27)30(24(20)32)16-10-7-14(25)8-11-16;1-33-23-20-22(31(29-23)17-5-3-2-4-6-17)28-21(18-12-9-15(26)13-19(18)27)30(24(20)32)16-10-7-14(25)8-11-16/h2*2-13H,1H3;2-13H,1H3. The Balaban J connectivity index is 0.000000138. The van der Waals surface area contributed by atoms with Gasteiger partial charge in [0.25, 0.3) is 16.7 Å². The van der Waals surface area contributed by atoms with Crippen LogP contribution in [0.1, 0.15) is 0 Å². The van der Waals surface area contributed by atoms with Gasteiger partial charge < -0.3 is 0 Å². The highest BCUT2D eigenvalue weighted by Gasteiger charge is 2.31. The number of hydrogen-bond donors (Lipinski definition) is 0. The summed E-state index contributed by atoms with van der Waals surface area (Å²) < 4.78 is 61.9. The molecule has 0 aliphatic rings. The average molecular weight is 1740 g/mol. The third-order valence-corrected chi connectivity index (χ3v) is 21.6. The molecule has 516 valence electrons. The van der Waals surface area contributed by atoms with E-state index in [4.69, 9.17) is 89.7 Å². The van der Waals surface area contributed by atoms with E-state index in [9.17, 15) is 31.2 Å². The van der Waals surface area contributed by atoms with Crippen molar-refractivity contribution in [1.82, 2.24) is 58.0 Å². The molecular formula is C72H45Br3Cl6N12O7S3. The zero-order valence-electron chi connectivity index (χ0n) is 53.1. The minimum atomic E-state index is -3.87. The van der Waals surface area contributed by atoms with E-state index in [2.05, 4.69) is 58.0 Å². The van der Waals surface area contributed by atoms with Crippen LogP contribution in [-0.2, 0) is 19.7 Å². The fourth-order valence-corrected chi connectivity index (χ4v) is 15.4. The molecule has 0 saturated heterocycles. The van der Waals surface area contributed by atoms with Crippen molar-refractivity contribution < 1.29 is 16.8 Å². The monoisotopic (exact) mass is 1730 g/mol. The fraction of sp³-hybridized carbons (Fsp3) is 0.0417. The van der Waals surface area contributed by atoms with Gasteiger partial charge in [-0.3, -0.25) is 28.1 Å². The molecule has 15 aromatic rings. The minimum absolute atomic E-state index is 0.0935. The number of thioether (sulfide) groups is 1. The summed E-state index contributed by atoms with van der Waals surface area (Å²) in [5, 5.41) is 15.7. The number of para-hydroxylation sites is 3. The van der Waals surface area contributed by atoms with Crippen LogP contribution in [0.5, 0.6) is 0 Å². The first kappa shape index (κ1) is 72.8. The third kappa shape index (κ3) is 14.7. The van der Waals surface area contributed by atoms with Crippen molar-refractivity contribution in [3.63, 3.8) is 0 Å². The second-order valence-electron chi connectivity index (χ2n) is 22.5. The van der Waals surface area contributed by atoms with Crippen molar-refractivity contribution in [3.8, 4) is 68.3 Å². The highest BCUT2D eigenvalue weighted by molar-refractivity contribution is 9.11. The first-order chi connectivity index (χ1) is 49.3. The highest BCUT2D eigenvalue weighted by atomic mass is 79.9. The van der Waals surface area contributed by atoms with E-state index in [1.807, 2.05) is 73.0 Å². The smallest absolute Gasteiger partial charge is 0.268 e. The third-order valence-electron chi connectivity index (χ3n) is 15.7. The molecule has 0 spiro atoms. The number of benzene rings is 9. The SMILES string of the molecule is CS(=O)(=O)c1nn(-c2ccccc2)c2nc(-c3ccc(Cl)cc3Cl)n(-c3ccc(Br)cc3)c(=O)c12.CS(=O)(=O)c1nn(-c2ccccc2)c2nc(-c3ccc(Cl)cc3Cl)n(-c3ccc(Br)cc3)c(=O)c12.CSc1nn(-c2ccccc2)c2nc(-c3ccc(Cl)cc3Cl)n(-c3ccc(Br)cc3)c(=O)c12. The van der Waals surface area contributed by atoms with Gasteiger partial charge in [-0.05, 0) is 170 Å². The summed E-state index contributed by atoms with van der Waals surface area (Å²) in [6.45, 7) is 0. The molecule has 0 N–H and O–H groups in total. The summed E-state index contributed by atoms with van der Waals surface area (Å²) in [5.74, 6) is 0.827. The molecular weight excluding hydrogens is 1690 g/mol. The van der Waals surface area contributed by atoms with Crippen LogP contribution in [0.2, 0.25) is 30.1 Å². The van der Waals surface area contributed by atoms with Crippen LogP contribution in [-0.4, -0.2) is 93.6 Å². The number of rotatable bonds is 12. The number of aromatic nitrogens is 12. The van der Waals surface area contributed by atoms with E-state index < -0.39 is 30.8 Å². The second kappa shape index (κ2) is 29.9. The lowest BCUT2D eigenvalue weighted by Crippen LogP contribution is -2.23. The number of hydrogen-bond acceptors (Lipinski definition) is 14. The van der Waals surface area contributed by atoms with Crippen molar-refractivity contribution in [2.24, 2.45) is 0 Å². The molecule has 6 heterocycles. The Kier molecular flexibility index (Phi) is 21.1. The van der Waals surface area contributed by atoms with Gasteiger partial charge in [0, 0.05) is 57.7 Å². The zero-order chi connectivity index (χ0) is 72.9. The Labute approximate surface area is 645 Å². The van der Waals surface area contributed by atoms with Gasteiger partial charge in [-0.1, -0.05) is 172 Å². The summed E-state index contributed by atoms with van der Waals surface area (Å²) in [4.78, 5) is 56.5. The Bertz CT molecular complexity index is 6030. The molecule has 0 bridgehead atoms. The predicted octanol–water partition coefficient (Wildman–Crippen LogP) is 18.5. The Hall–Kier alpha value is -8.54. The number of nitrogens with zero attached hydrogens (tertiary/aromatic N) is 12. The van der Waals surface area contributed by atoms with Crippen molar-refractivity contribution in [3.05, 3.63) is 293 Å². The first-order valence-electron chi connectivity index (χ1n) is 30.2. The number of fused-ring (bicyclic) bond motifs is 3. The van der Waals surface area contributed by atoms with Crippen molar-refractivity contribution in [2.75, 3.05) is 18.8 Å². The molecule has 0 atom stereocenters. The normalized spacial score (nSPS) is 11.6. The molecule has 0 amide bonds. The van der Waals surface area contributed by atoms with E-state index in [-0.39, 0.29) is 59.4 Å². The van der Waals surface area contributed by atoms with Gasteiger partial charge in [-0.15, -0.1) is 11.8 Å². The molecule has 9 aromatic carbocycles. The molecule has 0 fully saturated rings. The lowest BCUT2D eigenvalue weighted by molar-refractivity contribution is 0.595. The molecule has 0 radical (unpaired) electrons. The van der Waals surface area contributed by atoms with Gasteiger partial charge >= 0.3 is 0 Å². The Morgan fingerprint density at radius 2 is 0.621 bits per heavy atom. The van der Waals surface area contributed by atoms with Crippen LogP contribution in [0.3, 0.4) is 0 Å². The molecule has 0 unspecified atom stereocenters. The van der Waals surface area contributed by atoms with Crippen LogP contribution in [0, 0.1) is 0 Å². The van der Waals surface area contributed by atoms with Gasteiger partial charge in [-0.2, -0.15) is 15.3 Å². The molecule has 0 aliphatic heterocycles. The van der Waals surface area contributed by atoms with Gasteiger partial charge in [0.1, 0.15) is 21.2 Å². The quantitative estimate of drug-likeness (QED) is 0.104. The predicted molar refractivity (Wildman–Crippen MR) is 421 cm³/mol. The molecule has 31 heteroatoms. The summed E-state index contributed by atoms with van der Waals surface area (Å²) in [5.41, 5.74) is 4.23. The fourth-order valence-electron chi connectivity index (χ4n) is 11.1. The van der Waals surface area contributed by atoms with Gasteiger partial charge in [0.15, 0.2) is 64.1 Å². The molecule has 15 rings (SSSR count). The molecule has 19 nitrogen and oxygen atoms in total. The van der Waals surface area contributed by atoms with E-state index in [0.717, 1.165) is 31.6 Å². The Morgan fingerprint density at radius 3 is 0.893 bits per heavy atom. The van der Waals surface area contributed by atoms with Gasteiger partial charge in [0.05, 0.1) is 49.2 Å². The second-order valence-corrected chi connectivity index (χ2v) is 32.5. The highest BCUT2D eigenvalue weighted by Crippen LogP contribution is 2.38. The first-order valence-corrected chi connectivity index (χ1v) is 39.8. The van der Waals surface area contributed by atoms with Crippen molar-refractivity contribution in [2.45, 2.75) is 15.1 Å². The summed E-state index contributed by atoms with van der Waals surface area (Å²) in [6.07, 6.45) is 3.92. The maximum Gasteiger partial charge on any atom is 0.270 e. The van der Waals surface area contributed by atoms with E-state index in [1.165, 1.54) is 30.3 Å². The molecule has 0 aliphatic carbocycles. The number of sulfone groups is 2. The Morgan fingerprint density at radius 1 is 0.350 bits per heavy atom. The van der Waals surface area contributed by atoms with Gasteiger partial charge in [-0.25, -0.2) is 45.8 Å². The van der Waals surface area contributed by atoms with E-state index in [0.29, 0.717) is 87.1 Å². The van der Waals surface area contributed by atoms with Crippen LogP contribution in [0.4, 0.5) is 0 Å². The van der Waals surface area contributed by atoms with Gasteiger partial charge in [0.2, 0.25) is 0 Å². The number of halogens is 9. The lowest BCUT2D eigenvalue weighted by atomic mass is 10.2. The maximum atomic E-state index is 14.0. The zero-order valence-corrected chi connectivity index (χ0v) is 64.9. The lowest BCUT2D eigenvalue weighted by Gasteiger charge is -2.15. The molecule has 0 saturated carbocycles. The van der Waals surface area contributed by atoms with E-state index in [1.54, 1.807) is 161 Å². The minimum Gasteiger partial charge on any atom is -0.268 e. The largest absolute Gasteiger partial charge is 0.270 e.